The summed E-state index contributed by atoms with van der Waals surface area (Å²) in [5.41, 5.74) is 1.10. The minimum absolute atomic E-state index is 0. The Bertz CT molecular complexity index is 567. The molecule has 7 heteroatoms. The lowest BCUT2D eigenvalue weighted by molar-refractivity contribution is 0.128. The van der Waals surface area contributed by atoms with Crippen LogP contribution in [0.5, 0.6) is 11.5 Å². The van der Waals surface area contributed by atoms with E-state index in [2.05, 4.69) is 36.4 Å². The van der Waals surface area contributed by atoms with E-state index in [1.54, 1.807) is 0 Å². The molecule has 0 atom stereocenters. The molecular formula is C20H34IN3O3. The van der Waals surface area contributed by atoms with Crippen molar-refractivity contribution >= 4 is 29.9 Å². The molecule has 2 N–H and O–H groups in total. The number of aliphatic imine (C=N–C) groups is 1. The lowest BCUT2D eigenvalue weighted by Crippen LogP contribution is -2.39. The Morgan fingerprint density at radius 3 is 2.67 bits per heavy atom. The smallest absolute Gasteiger partial charge is 0.191 e. The Labute approximate surface area is 180 Å². The van der Waals surface area contributed by atoms with Gasteiger partial charge in [-0.25, -0.2) is 4.99 Å². The van der Waals surface area contributed by atoms with Crippen LogP contribution < -0.4 is 20.1 Å². The summed E-state index contributed by atoms with van der Waals surface area (Å²) >= 11 is 0. The van der Waals surface area contributed by atoms with Crippen molar-refractivity contribution in [3.63, 3.8) is 0 Å². The van der Waals surface area contributed by atoms with Crippen molar-refractivity contribution in [2.75, 3.05) is 39.5 Å². The number of nitrogens with one attached hydrogen (secondary N) is 2. The highest BCUT2D eigenvalue weighted by Crippen LogP contribution is 2.30. The lowest BCUT2D eigenvalue weighted by atomic mass is 10.1. The van der Waals surface area contributed by atoms with Gasteiger partial charge in [-0.15, -0.1) is 24.0 Å². The van der Waals surface area contributed by atoms with Gasteiger partial charge in [0.15, 0.2) is 17.5 Å². The monoisotopic (exact) mass is 491 g/mol. The number of rotatable bonds is 9. The number of ether oxygens (including phenoxy) is 3. The fourth-order valence-corrected chi connectivity index (χ4v) is 2.48. The summed E-state index contributed by atoms with van der Waals surface area (Å²) in [6.45, 7) is 11.5. The van der Waals surface area contributed by atoms with Gasteiger partial charge in [0.1, 0.15) is 0 Å². The van der Waals surface area contributed by atoms with E-state index in [0.717, 1.165) is 55.6 Å². The van der Waals surface area contributed by atoms with Crippen molar-refractivity contribution in [1.29, 1.82) is 0 Å². The first kappa shape index (κ1) is 23.8. The molecule has 0 saturated carbocycles. The van der Waals surface area contributed by atoms with Crippen LogP contribution in [0, 0.1) is 5.92 Å². The summed E-state index contributed by atoms with van der Waals surface area (Å²) in [6, 6.07) is 6.02. The normalized spacial score (nSPS) is 13.7. The predicted octanol–water partition coefficient (Wildman–Crippen LogP) is 3.58. The van der Waals surface area contributed by atoms with Crippen LogP contribution in [0.3, 0.4) is 0 Å². The summed E-state index contributed by atoms with van der Waals surface area (Å²) in [5.74, 6) is 3.11. The zero-order valence-electron chi connectivity index (χ0n) is 16.8. The predicted molar refractivity (Wildman–Crippen MR) is 121 cm³/mol. The van der Waals surface area contributed by atoms with Crippen molar-refractivity contribution in [3.05, 3.63) is 23.8 Å². The van der Waals surface area contributed by atoms with Gasteiger partial charge in [0.2, 0.25) is 0 Å². The highest BCUT2D eigenvalue weighted by molar-refractivity contribution is 14.0. The van der Waals surface area contributed by atoms with Crippen LogP contribution in [0.4, 0.5) is 0 Å². The molecule has 0 bridgehead atoms. The van der Waals surface area contributed by atoms with Crippen LogP contribution in [-0.2, 0) is 11.3 Å². The van der Waals surface area contributed by atoms with Crippen molar-refractivity contribution in [1.82, 2.24) is 10.6 Å². The van der Waals surface area contributed by atoms with Crippen molar-refractivity contribution < 1.29 is 14.2 Å². The zero-order chi connectivity index (χ0) is 18.6. The number of benzene rings is 1. The molecule has 1 aromatic carbocycles. The van der Waals surface area contributed by atoms with Gasteiger partial charge in [-0.05, 0) is 37.0 Å². The first-order valence-corrected chi connectivity index (χ1v) is 9.67. The molecule has 0 amide bonds. The average molecular weight is 491 g/mol. The van der Waals surface area contributed by atoms with E-state index in [4.69, 9.17) is 14.2 Å². The molecule has 27 heavy (non-hydrogen) atoms. The summed E-state index contributed by atoms with van der Waals surface area (Å²) in [7, 11) is 0. The van der Waals surface area contributed by atoms with Crippen molar-refractivity contribution in [2.45, 2.75) is 40.2 Å². The number of halogens is 1. The first-order valence-electron chi connectivity index (χ1n) is 9.67. The molecule has 2 rings (SSSR count). The average Bonchev–Trinajstić information content (AvgIpc) is 2.87. The maximum atomic E-state index is 5.74. The second-order valence-corrected chi connectivity index (χ2v) is 6.75. The van der Waals surface area contributed by atoms with Gasteiger partial charge >= 0.3 is 0 Å². The van der Waals surface area contributed by atoms with Gasteiger partial charge in [0.25, 0.3) is 0 Å². The Morgan fingerprint density at radius 1 is 1.15 bits per heavy atom. The third kappa shape index (κ3) is 9.51. The molecule has 0 unspecified atom stereocenters. The summed E-state index contributed by atoms with van der Waals surface area (Å²) in [4.78, 5) is 4.64. The standard InChI is InChI=1S/C20H33N3O3.HI/c1-4-21-20(22-9-13-24-12-8-16(2)3)23-15-17-6-7-18-19(14-17)26-11-5-10-25-18;/h6-7,14,16H,4-5,8-13,15H2,1-3H3,(H2,21,22,23);1H. The summed E-state index contributed by atoms with van der Waals surface area (Å²) in [6.07, 6.45) is 2.01. The molecule has 0 aromatic heterocycles. The van der Waals surface area contributed by atoms with Gasteiger partial charge in [-0.2, -0.15) is 0 Å². The molecule has 0 spiro atoms. The van der Waals surface area contributed by atoms with Gasteiger partial charge in [-0.3, -0.25) is 0 Å². The molecule has 0 radical (unpaired) electrons. The molecule has 6 nitrogen and oxygen atoms in total. The summed E-state index contributed by atoms with van der Waals surface area (Å²) in [5, 5.41) is 6.57. The van der Waals surface area contributed by atoms with Crippen molar-refractivity contribution in [2.24, 2.45) is 10.9 Å². The summed E-state index contributed by atoms with van der Waals surface area (Å²) < 4.78 is 17.0. The molecule has 1 heterocycles. The largest absolute Gasteiger partial charge is 0.490 e. The molecule has 1 aliphatic rings. The number of fused-ring (bicyclic) bond motifs is 1. The second-order valence-electron chi connectivity index (χ2n) is 6.75. The minimum Gasteiger partial charge on any atom is -0.490 e. The second kappa shape index (κ2) is 13.9. The highest BCUT2D eigenvalue weighted by Gasteiger charge is 2.10. The Kier molecular flexibility index (Phi) is 12.2. The molecule has 1 aliphatic heterocycles. The number of nitrogens with zero attached hydrogens (tertiary/aromatic N) is 1. The van der Waals surface area contributed by atoms with Gasteiger partial charge in [-0.1, -0.05) is 19.9 Å². The Balaban J connectivity index is 0.00000364. The van der Waals surface area contributed by atoms with E-state index in [9.17, 15) is 0 Å². The number of guanidine groups is 1. The van der Waals surface area contributed by atoms with E-state index in [1.165, 1.54) is 0 Å². The fourth-order valence-electron chi connectivity index (χ4n) is 2.48. The van der Waals surface area contributed by atoms with Crippen LogP contribution in [0.25, 0.3) is 0 Å². The third-order valence-corrected chi connectivity index (χ3v) is 3.95. The van der Waals surface area contributed by atoms with Gasteiger partial charge in [0, 0.05) is 26.1 Å². The van der Waals surface area contributed by atoms with Crippen LogP contribution >= 0.6 is 24.0 Å². The van der Waals surface area contributed by atoms with Crippen LogP contribution in [0.1, 0.15) is 39.2 Å². The third-order valence-electron chi connectivity index (χ3n) is 3.95. The maximum absolute atomic E-state index is 5.74. The maximum Gasteiger partial charge on any atom is 0.191 e. The van der Waals surface area contributed by atoms with Crippen LogP contribution in [0.2, 0.25) is 0 Å². The van der Waals surface area contributed by atoms with Gasteiger partial charge in [0.05, 0.1) is 26.4 Å². The lowest BCUT2D eigenvalue weighted by Gasteiger charge is -2.12. The highest BCUT2D eigenvalue weighted by atomic mass is 127. The van der Waals surface area contributed by atoms with E-state index in [0.29, 0.717) is 32.3 Å². The topological polar surface area (TPSA) is 64.1 Å². The van der Waals surface area contributed by atoms with E-state index < -0.39 is 0 Å². The van der Waals surface area contributed by atoms with Gasteiger partial charge < -0.3 is 24.8 Å². The number of hydrogen-bond acceptors (Lipinski definition) is 4. The van der Waals surface area contributed by atoms with Crippen LogP contribution in [0.15, 0.2) is 23.2 Å². The molecular weight excluding hydrogens is 457 g/mol. The Hall–Kier alpha value is -1.22. The molecule has 0 fully saturated rings. The van der Waals surface area contributed by atoms with Crippen molar-refractivity contribution in [3.8, 4) is 11.5 Å². The van der Waals surface area contributed by atoms with E-state index in [1.807, 2.05) is 18.2 Å². The minimum atomic E-state index is 0. The first-order chi connectivity index (χ1) is 12.7. The van der Waals surface area contributed by atoms with E-state index >= 15 is 0 Å². The quantitative estimate of drug-likeness (QED) is 0.239. The number of hydrogen-bond donors (Lipinski definition) is 2. The van der Waals surface area contributed by atoms with Crippen LogP contribution in [-0.4, -0.2) is 45.5 Å². The molecule has 154 valence electrons. The molecule has 1 aromatic rings. The SMILES string of the molecule is CCNC(=NCc1ccc2c(c1)OCCCO2)NCCOCCC(C)C.I. The fraction of sp³-hybridized carbons (Fsp3) is 0.650. The Morgan fingerprint density at radius 2 is 1.93 bits per heavy atom. The molecule has 0 aliphatic carbocycles. The van der Waals surface area contributed by atoms with E-state index in [-0.39, 0.29) is 24.0 Å². The zero-order valence-corrected chi connectivity index (χ0v) is 19.1. The molecule has 0 saturated heterocycles.